The summed E-state index contributed by atoms with van der Waals surface area (Å²) in [5, 5.41) is 9.47. The number of rotatable bonds is 6. The van der Waals surface area contributed by atoms with Crippen LogP contribution < -0.4 is 0 Å². The van der Waals surface area contributed by atoms with Crippen LogP contribution in [0.15, 0.2) is 22.6 Å². The quantitative estimate of drug-likeness (QED) is 0.813. The summed E-state index contributed by atoms with van der Waals surface area (Å²) < 4.78 is 28.2. The van der Waals surface area contributed by atoms with Gasteiger partial charge in [-0.05, 0) is 37.1 Å². The molecule has 124 valence electrons. The zero-order chi connectivity index (χ0) is 17.4. The van der Waals surface area contributed by atoms with Crippen LogP contribution >= 0.6 is 0 Å². The molecule has 0 amide bonds. The summed E-state index contributed by atoms with van der Waals surface area (Å²) in [4.78, 5) is 23.6. The van der Waals surface area contributed by atoms with Crippen LogP contribution in [0, 0.1) is 12.8 Å². The van der Waals surface area contributed by atoms with Crippen LogP contribution in [0.5, 0.6) is 0 Å². The van der Waals surface area contributed by atoms with Gasteiger partial charge in [0.25, 0.3) is 0 Å². The molecule has 1 aromatic heterocycles. The molecule has 6 nitrogen and oxygen atoms in total. The van der Waals surface area contributed by atoms with Crippen molar-refractivity contribution in [3.63, 3.8) is 0 Å². The van der Waals surface area contributed by atoms with E-state index in [1.54, 1.807) is 26.0 Å². The topological polar surface area (TPSA) is 102 Å². The van der Waals surface area contributed by atoms with Gasteiger partial charge in [-0.3, -0.25) is 4.79 Å². The van der Waals surface area contributed by atoms with Gasteiger partial charge in [-0.2, -0.15) is 0 Å². The smallest absolute Gasteiger partial charge is 0.371 e. The average molecular weight is 338 g/mol. The summed E-state index contributed by atoms with van der Waals surface area (Å²) >= 11 is 0. The number of hydrogen-bond acceptors (Lipinski definition) is 5. The molecule has 0 saturated heterocycles. The number of carboxylic acids is 1. The zero-order valence-corrected chi connectivity index (χ0v) is 13.9. The lowest BCUT2D eigenvalue weighted by molar-refractivity contribution is 0.0664. The second kappa shape index (κ2) is 6.16. The Kier molecular flexibility index (Phi) is 4.61. The maximum atomic E-state index is 12.6. The maximum Gasteiger partial charge on any atom is 0.371 e. The first-order valence-electron chi connectivity index (χ1n) is 7.11. The summed E-state index contributed by atoms with van der Waals surface area (Å²) in [7, 11) is -3.27. The first-order chi connectivity index (χ1) is 10.6. The minimum atomic E-state index is -3.27. The fourth-order valence-corrected chi connectivity index (χ4v) is 3.64. The first-order valence-corrected chi connectivity index (χ1v) is 9.18. The third kappa shape index (κ3) is 3.79. The van der Waals surface area contributed by atoms with E-state index in [1.165, 1.54) is 6.07 Å². The summed E-state index contributed by atoms with van der Waals surface area (Å²) in [6.07, 6.45) is 1.52. The number of fused-ring (bicyclic) bond motifs is 1. The van der Waals surface area contributed by atoms with Crippen molar-refractivity contribution in [2.75, 3.05) is 12.0 Å². The van der Waals surface area contributed by atoms with E-state index in [-0.39, 0.29) is 17.3 Å². The molecule has 0 aliphatic carbocycles. The van der Waals surface area contributed by atoms with Gasteiger partial charge in [0.2, 0.25) is 5.76 Å². The van der Waals surface area contributed by atoms with E-state index in [4.69, 9.17) is 9.52 Å². The Balaban J connectivity index is 2.47. The van der Waals surface area contributed by atoms with Crippen LogP contribution in [-0.4, -0.2) is 37.3 Å². The largest absolute Gasteiger partial charge is 0.475 e. The molecule has 0 radical (unpaired) electrons. The van der Waals surface area contributed by atoms with Gasteiger partial charge in [0, 0.05) is 23.1 Å². The Labute approximate surface area is 134 Å². The molecule has 0 aliphatic heterocycles. The molecule has 0 bridgehead atoms. The van der Waals surface area contributed by atoms with Gasteiger partial charge >= 0.3 is 5.97 Å². The van der Waals surface area contributed by atoms with Crippen molar-refractivity contribution in [3.8, 4) is 0 Å². The maximum absolute atomic E-state index is 12.6. The lowest BCUT2D eigenvalue weighted by atomic mass is 9.93. The molecule has 1 N–H and O–H groups in total. The number of carbonyl (C=O) groups excluding carboxylic acids is 1. The van der Waals surface area contributed by atoms with E-state index < -0.39 is 21.7 Å². The van der Waals surface area contributed by atoms with Crippen LogP contribution in [0.4, 0.5) is 0 Å². The number of carbonyl (C=O) groups is 2. The predicted molar refractivity (Wildman–Crippen MR) is 85.7 cm³/mol. The van der Waals surface area contributed by atoms with Gasteiger partial charge in [0.05, 0.1) is 5.75 Å². The number of hydrogen-bond donors (Lipinski definition) is 1. The second-order valence-electron chi connectivity index (χ2n) is 5.68. The monoisotopic (exact) mass is 338 g/mol. The number of aromatic carboxylic acids is 1. The van der Waals surface area contributed by atoms with Crippen molar-refractivity contribution in [1.29, 1.82) is 0 Å². The van der Waals surface area contributed by atoms with Gasteiger partial charge in [-0.1, -0.05) is 6.92 Å². The molecule has 1 unspecified atom stereocenters. The summed E-state index contributed by atoms with van der Waals surface area (Å²) in [5.74, 6) is -2.46. The van der Waals surface area contributed by atoms with Crippen molar-refractivity contribution in [2.24, 2.45) is 5.92 Å². The van der Waals surface area contributed by atoms with E-state index >= 15 is 0 Å². The number of furan rings is 1. The van der Waals surface area contributed by atoms with E-state index in [0.717, 1.165) is 6.26 Å². The third-order valence-corrected chi connectivity index (χ3v) is 4.71. The third-order valence-electron chi connectivity index (χ3n) is 3.71. The SMILES string of the molecule is CCC(CS(C)(=O)=O)C(=O)c1cc2cc(C(=O)O)oc2cc1C. The number of sulfone groups is 1. The van der Waals surface area contributed by atoms with E-state index in [1.807, 2.05) is 0 Å². The van der Waals surface area contributed by atoms with Crippen LogP contribution in [0.3, 0.4) is 0 Å². The Morgan fingerprint density at radius 3 is 2.43 bits per heavy atom. The molecule has 0 spiro atoms. The Hall–Kier alpha value is -2.15. The van der Waals surface area contributed by atoms with Gasteiger partial charge < -0.3 is 9.52 Å². The van der Waals surface area contributed by atoms with Gasteiger partial charge in [0.15, 0.2) is 5.78 Å². The molecule has 0 aliphatic rings. The molecule has 7 heteroatoms. The van der Waals surface area contributed by atoms with Crippen molar-refractivity contribution < 1.29 is 27.5 Å². The van der Waals surface area contributed by atoms with Crippen molar-refractivity contribution in [2.45, 2.75) is 20.3 Å². The number of Topliss-reactive ketones (excluding diaryl/α,β-unsaturated/α-hetero) is 1. The highest BCUT2D eigenvalue weighted by molar-refractivity contribution is 7.90. The lowest BCUT2D eigenvalue weighted by Gasteiger charge is -2.14. The fraction of sp³-hybridized carbons (Fsp3) is 0.375. The Morgan fingerprint density at radius 2 is 1.91 bits per heavy atom. The molecule has 0 saturated carbocycles. The molecular weight excluding hydrogens is 320 g/mol. The molecule has 1 heterocycles. The summed E-state index contributed by atoms with van der Waals surface area (Å²) in [6.45, 7) is 3.48. The molecule has 1 atom stereocenters. The number of benzene rings is 1. The Bertz CT molecular complexity index is 875. The van der Waals surface area contributed by atoms with E-state index in [9.17, 15) is 18.0 Å². The number of aryl methyl sites for hydroxylation is 1. The number of carboxylic acid groups (broad SMARTS) is 1. The van der Waals surface area contributed by atoms with E-state index in [2.05, 4.69) is 0 Å². The van der Waals surface area contributed by atoms with Crippen LogP contribution in [0.2, 0.25) is 0 Å². The summed E-state index contributed by atoms with van der Waals surface area (Å²) in [5.41, 5.74) is 1.40. The number of ketones is 1. The molecule has 1 aromatic carbocycles. The van der Waals surface area contributed by atoms with Gasteiger partial charge in [-0.15, -0.1) is 0 Å². The average Bonchev–Trinajstić information content (AvgIpc) is 2.85. The Morgan fingerprint density at radius 1 is 1.26 bits per heavy atom. The van der Waals surface area contributed by atoms with Crippen molar-refractivity contribution in [3.05, 3.63) is 35.1 Å². The minimum Gasteiger partial charge on any atom is -0.475 e. The van der Waals surface area contributed by atoms with Gasteiger partial charge in [0.1, 0.15) is 15.4 Å². The van der Waals surface area contributed by atoms with Crippen LogP contribution in [-0.2, 0) is 9.84 Å². The highest BCUT2D eigenvalue weighted by Crippen LogP contribution is 2.26. The summed E-state index contributed by atoms with van der Waals surface area (Å²) in [6, 6.07) is 4.52. The highest BCUT2D eigenvalue weighted by atomic mass is 32.2. The normalized spacial score (nSPS) is 13.2. The molecule has 2 aromatic rings. The predicted octanol–water partition coefficient (Wildman–Crippen LogP) is 2.69. The van der Waals surface area contributed by atoms with Crippen molar-refractivity contribution in [1.82, 2.24) is 0 Å². The zero-order valence-electron chi connectivity index (χ0n) is 13.1. The molecule has 2 rings (SSSR count). The second-order valence-corrected chi connectivity index (χ2v) is 7.87. The minimum absolute atomic E-state index is 0.202. The fourth-order valence-electron chi connectivity index (χ4n) is 2.52. The van der Waals surface area contributed by atoms with Crippen LogP contribution in [0.25, 0.3) is 11.0 Å². The molecule has 0 fully saturated rings. The lowest BCUT2D eigenvalue weighted by Crippen LogP contribution is -2.23. The standard InChI is InChI=1S/C16H18O6S/c1-4-10(8-23(3,20)21)15(17)12-6-11-7-14(16(18)19)22-13(11)5-9(12)2/h5-7,10H,4,8H2,1-3H3,(H,18,19). The molecule has 23 heavy (non-hydrogen) atoms. The molecular formula is C16H18O6S. The van der Waals surface area contributed by atoms with Gasteiger partial charge in [-0.25, -0.2) is 13.2 Å². The van der Waals surface area contributed by atoms with Crippen LogP contribution in [0.1, 0.15) is 39.8 Å². The van der Waals surface area contributed by atoms with Crippen molar-refractivity contribution >= 4 is 32.6 Å². The highest BCUT2D eigenvalue weighted by Gasteiger charge is 2.25. The first kappa shape index (κ1) is 17.2. The van der Waals surface area contributed by atoms with E-state index in [0.29, 0.717) is 28.5 Å².